The van der Waals surface area contributed by atoms with Gasteiger partial charge in [0.05, 0.1) is 5.02 Å². The predicted molar refractivity (Wildman–Crippen MR) is 96.7 cm³/mol. The molecular formula is C15H16BrClN4O2S. The molecule has 128 valence electrons. The molecule has 1 aliphatic rings. The summed E-state index contributed by atoms with van der Waals surface area (Å²) in [5.74, 6) is 0.614. The minimum atomic E-state index is -3.68. The SMILES string of the molecule is O=S(=O)(NC1CCCN(c2ncccn2)C1)c1ccc(Br)cc1Cl. The van der Waals surface area contributed by atoms with Crippen LogP contribution >= 0.6 is 27.5 Å². The Kier molecular flexibility index (Phi) is 5.39. The van der Waals surface area contributed by atoms with Gasteiger partial charge in [0, 0.05) is 36.0 Å². The van der Waals surface area contributed by atoms with Crippen LogP contribution in [0.2, 0.25) is 5.02 Å². The van der Waals surface area contributed by atoms with Gasteiger partial charge in [-0.1, -0.05) is 27.5 Å². The normalized spacial score (nSPS) is 18.6. The minimum Gasteiger partial charge on any atom is -0.339 e. The lowest BCUT2D eigenvalue weighted by atomic mass is 10.1. The molecule has 1 aromatic heterocycles. The minimum absolute atomic E-state index is 0.0838. The van der Waals surface area contributed by atoms with E-state index < -0.39 is 10.0 Å². The number of rotatable bonds is 4. The largest absolute Gasteiger partial charge is 0.339 e. The summed E-state index contributed by atoms with van der Waals surface area (Å²) in [5, 5.41) is 0.191. The van der Waals surface area contributed by atoms with Crippen molar-refractivity contribution in [3.8, 4) is 0 Å². The van der Waals surface area contributed by atoms with Gasteiger partial charge in [-0.05, 0) is 37.1 Å². The third-order valence-electron chi connectivity index (χ3n) is 3.76. The quantitative estimate of drug-likeness (QED) is 0.805. The number of benzene rings is 1. The van der Waals surface area contributed by atoms with Crippen LogP contribution in [0.25, 0.3) is 0 Å². The van der Waals surface area contributed by atoms with Crippen LogP contribution in [0.5, 0.6) is 0 Å². The van der Waals surface area contributed by atoms with Gasteiger partial charge in [0.15, 0.2) is 0 Å². The second-order valence-electron chi connectivity index (χ2n) is 5.53. The summed E-state index contributed by atoms with van der Waals surface area (Å²) in [4.78, 5) is 10.5. The van der Waals surface area contributed by atoms with Crippen molar-refractivity contribution in [2.75, 3.05) is 18.0 Å². The average Bonchev–Trinajstić information content (AvgIpc) is 2.55. The van der Waals surface area contributed by atoms with E-state index in [1.807, 2.05) is 4.90 Å². The first-order valence-corrected chi connectivity index (χ1v) is 10.1. The highest BCUT2D eigenvalue weighted by Crippen LogP contribution is 2.26. The van der Waals surface area contributed by atoms with E-state index in [1.165, 1.54) is 6.07 Å². The average molecular weight is 432 g/mol. The summed E-state index contributed by atoms with van der Waals surface area (Å²) in [6.45, 7) is 1.33. The summed E-state index contributed by atoms with van der Waals surface area (Å²) < 4.78 is 28.7. The lowest BCUT2D eigenvalue weighted by molar-refractivity contribution is 0.461. The lowest BCUT2D eigenvalue weighted by Crippen LogP contribution is -2.48. The first-order chi connectivity index (χ1) is 11.5. The molecule has 6 nitrogen and oxygen atoms in total. The van der Waals surface area contributed by atoms with Gasteiger partial charge in [-0.3, -0.25) is 0 Å². The first-order valence-electron chi connectivity index (χ1n) is 7.45. The number of sulfonamides is 1. The number of anilines is 1. The monoisotopic (exact) mass is 430 g/mol. The zero-order valence-corrected chi connectivity index (χ0v) is 15.9. The molecule has 0 bridgehead atoms. The predicted octanol–water partition coefficient (Wildman–Crippen LogP) is 2.84. The van der Waals surface area contributed by atoms with Gasteiger partial charge in [0.1, 0.15) is 4.90 Å². The Morgan fingerprint density at radius 1 is 1.29 bits per heavy atom. The van der Waals surface area contributed by atoms with Crippen molar-refractivity contribution in [2.45, 2.75) is 23.8 Å². The van der Waals surface area contributed by atoms with Crippen LogP contribution in [0.15, 0.2) is 46.0 Å². The topological polar surface area (TPSA) is 75.2 Å². The van der Waals surface area contributed by atoms with E-state index in [-0.39, 0.29) is 16.0 Å². The molecule has 9 heteroatoms. The molecule has 1 N–H and O–H groups in total. The van der Waals surface area contributed by atoms with E-state index in [4.69, 9.17) is 11.6 Å². The Labute approximate surface area is 154 Å². The first kappa shape index (κ1) is 17.6. The summed E-state index contributed by atoms with van der Waals surface area (Å²) in [5.41, 5.74) is 0. The summed E-state index contributed by atoms with van der Waals surface area (Å²) >= 11 is 9.35. The zero-order chi connectivity index (χ0) is 17.2. The molecule has 24 heavy (non-hydrogen) atoms. The van der Waals surface area contributed by atoms with E-state index >= 15 is 0 Å². The maximum absolute atomic E-state index is 12.6. The van der Waals surface area contributed by atoms with Crippen molar-refractivity contribution in [1.82, 2.24) is 14.7 Å². The lowest BCUT2D eigenvalue weighted by Gasteiger charge is -2.32. The van der Waals surface area contributed by atoms with Crippen LogP contribution < -0.4 is 9.62 Å². The van der Waals surface area contributed by atoms with Gasteiger partial charge >= 0.3 is 0 Å². The number of nitrogens with zero attached hydrogens (tertiary/aromatic N) is 3. The molecule has 0 saturated carbocycles. The Hall–Kier alpha value is -1.22. The molecule has 1 aliphatic heterocycles. The van der Waals surface area contributed by atoms with Gasteiger partial charge in [-0.2, -0.15) is 0 Å². The van der Waals surface area contributed by atoms with Crippen LogP contribution in [0.1, 0.15) is 12.8 Å². The summed E-state index contributed by atoms with van der Waals surface area (Å²) in [6, 6.07) is 6.26. The van der Waals surface area contributed by atoms with Gasteiger partial charge in [0.2, 0.25) is 16.0 Å². The van der Waals surface area contributed by atoms with Gasteiger partial charge in [-0.25, -0.2) is 23.1 Å². The van der Waals surface area contributed by atoms with Crippen molar-refractivity contribution < 1.29 is 8.42 Å². The van der Waals surface area contributed by atoms with Crippen molar-refractivity contribution in [1.29, 1.82) is 0 Å². The number of halogens is 2. The standard InChI is InChI=1S/C15H16BrClN4O2S/c16-11-4-5-14(13(17)9-11)24(22,23)20-12-3-1-8-21(10-12)15-18-6-2-7-19-15/h2,4-7,9,12,20H,1,3,8,10H2. The van der Waals surface area contributed by atoms with E-state index in [2.05, 4.69) is 30.6 Å². The molecule has 0 spiro atoms. The Morgan fingerprint density at radius 2 is 2.04 bits per heavy atom. The van der Waals surface area contributed by atoms with E-state index in [0.29, 0.717) is 12.5 Å². The highest BCUT2D eigenvalue weighted by atomic mass is 79.9. The van der Waals surface area contributed by atoms with E-state index in [9.17, 15) is 8.42 Å². The maximum Gasteiger partial charge on any atom is 0.242 e. The Bertz CT molecular complexity index is 819. The fourth-order valence-electron chi connectivity index (χ4n) is 2.69. The number of nitrogens with one attached hydrogen (secondary N) is 1. The van der Waals surface area contributed by atoms with Crippen molar-refractivity contribution in [3.05, 3.63) is 46.2 Å². The third-order valence-corrected chi connectivity index (χ3v) is 6.26. The van der Waals surface area contributed by atoms with Crippen molar-refractivity contribution in [3.63, 3.8) is 0 Å². The Balaban J connectivity index is 1.75. The van der Waals surface area contributed by atoms with Crippen molar-refractivity contribution >= 4 is 43.5 Å². The molecule has 0 radical (unpaired) electrons. The third kappa shape index (κ3) is 4.05. The van der Waals surface area contributed by atoms with Crippen LogP contribution in [-0.2, 0) is 10.0 Å². The number of aromatic nitrogens is 2. The fourth-order valence-corrected chi connectivity index (χ4v) is 4.98. The van der Waals surface area contributed by atoms with Crippen LogP contribution in [0, 0.1) is 0 Å². The van der Waals surface area contributed by atoms with Crippen LogP contribution in [0.4, 0.5) is 5.95 Å². The molecule has 2 aromatic rings. The van der Waals surface area contributed by atoms with E-state index in [0.717, 1.165) is 23.9 Å². The highest BCUT2D eigenvalue weighted by molar-refractivity contribution is 9.10. The molecule has 1 unspecified atom stereocenters. The molecule has 1 atom stereocenters. The molecule has 1 aromatic carbocycles. The second-order valence-corrected chi connectivity index (χ2v) is 8.54. The van der Waals surface area contributed by atoms with Gasteiger partial charge < -0.3 is 4.90 Å². The molecule has 0 amide bonds. The van der Waals surface area contributed by atoms with Crippen LogP contribution in [0.3, 0.4) is 0 Å². The highest BCUT2D eigenvalue weighted by Gasteiger charge is 2.27. The number of hydrogen-bond acceptors (Lipinski definition) is 5. The molecule has 1 fully saturated rings. The molecule has 2 heterocycles. The van der Waals surface area contributed by atoms with Crippen molar-refractivity contribution in [2.24, 2.45) is 0 Å². The molecule has 1 saturated heterocycles. The summed E-state index contributed by atoms with van der Waals surface area (Å²) in [7, 11) is -3.68. The van der Waals surface area contributed by atoms with Gasteiger partial charge in [-0.15, -0.1) is 0 Å². The fraction of sp³-hybridized carbons (Fsp3) is 0.333. The number of piperidine rings is 1. The molecular weight excluding hydrogens is 416 g/mol. The zero-order valence-electron chi connectivity index (χ0n) is 12.7. The van der Waals surface area contributed by atoms with Gasteiger partial charge in [0.25, 0.3) is 0 Å². The molecule has 3 rings (SSSR count). The Morgan fingerprint density at radius 3 is 2.75 bits per heavy atom. The number of hydrogen-bond donors (Lipinski definition) is 1. The molecule has 0 aliphatic carbocycles. The second kappa shape index (κ2) is 7.35. The summed E-state index contributed by atoms with van der Waals surface area (Å²) in [6.07, 6.45) is 4.98. The van der Waals surface area contributed by atoms with Crippen LogP contribution in [-0.4, -0.2) is 37.5 Å². The maximum atomic E-state index is 12.6. The van der Waals surface area contributed by atoms with E-state index in [1.54, 1.807) is 30.6 Å². The smallest absolute Gasteiger partial charge is 0.242 e.